The van der Waals surface area contributed by atoms with Crippen molar-refractivity contribution in [1.82, 2.24) is 5.32 Å². The van der Waals surface area contributed by atoms with E-state index in [1.165, 1.54) is 12.1 Å². The van der Waals surface area contributed by atoms with Crippen molar-refractivity contribution in [3.05, 3.63) is 65.0 Å². The average Bonchev–Trinajstić information content (AvgIpc) is 2.47. The lowest BCUT2D eigenvalue weighted by molar-refractivity contribution is -0.120. The molecule has 0 fully saturated rings. The number of ether oxygens (including phenoxy) is 1. The van der Waals surface area contributed by atoms with Gasteiger partial charge in [0.15, 0.2) is 0 Å². The van der Waals surface area contributed by atoms with E-state index in [-0.39, 0.29) is 18.1 Å². The van der Waals surface area contributed by atoms with Crippen LogP contribution in [0.1, 0.15) is 16.7 Å². The molecular formula is C18H20FNO2. The van der Waals surface area contributed by atoms with Crippen LogP contribution in [0.25, 0.3) is 0 Å². The summed E-state index contributed by atoms with van der Waals surface area (Å²) >= 11 is 0. The number of hydrogen-bond acceptors (Lipinski definition) is 2. The third kappa shape index (κ3) is 4.88. The van der Waals surface area contributed by atoms with E-state index in [0.717, 1.165) is 16.9 Å². The first-order chi connectivity index (χ1) is 10.5. The van der Waals surface area contributed by atoms with E-state index in [1.54, 1.807) is 12.1 Å². The fraction of sp³-hybridized carbons (Fsp3) is 0.278. The van der Waals surface area contributed by atoms with Gasteiger partial charge in [-0.15, -0.1) is 0 Å². The van der Waals surface area contributed by atoms with Crippen LogP contribution in [0.3, 0.4) is 0 Å². The number of aryl methyl sites for hydroxylation is 2. The van der Waals surface area contributed by atoms with Gasteiger partial charge in [-0.1, -0.05) is 24.3 Å². The molecule has 1 N–H and O–H groups in total. The van der Waals surface area contributed by atoms with Crippen molar-refractivity contribution in [2.24, 2.45) is 0 Å². The van der Waals surface area contributed by atoms with Crippen molar-refractivity contribution in [2.75, 3.05) is 13.2 Å². The fourth-order valence-electron chi connectivity index (χ4n) is 2.11. The zero-order chi connectivity index (χ0) is 15.9. The molecule has 1 amide bonds. The molecule has 2 aromatic carbocycles. The van der Waals surface area contributed by atoms with Crippen molar-refractivity contribution in [3.63, 3.8) is 0 Å². The van der Waals surface area contributed by atoms with Crippen LogP contribution >= 0.6 is 0 Å². The first-order valence-electron chi connectivity index (χ1n) is 7.26. The summed E-state index contributed by atoms with van der Waals surface area (Å²) in [6, 6.07) is 12.1. The van der Waals surface area contributed by atoms with Crippen LogP contribution in [0.5, 0.6) is 5.75 Å². The van der Waals surface area contributed by atoms with E-state index in [0.29, 0.717) is 18.7 Å². The molecule has 22 heavy (non-hydrogen) atoms. The van der Waals surface area contributed by atoms with Crippen LogP contribution in [-0.2, 0) is 11.2 Å². The molecule has 116 valence electrons. The number of hydrogen-bond donors (Lipinski definition) is 1. The van der Waals surface area contributed by atoms with Gasteiger partial charge >= 0.3 is 0 Å². The standard InChI is InChI=1S/C18H20FNO2/c1-13-6-7-14(2)17(10-13)22-9-8-20-18(21)12-15-4-3-5-16(19)11-15/h3-7,10-11H,8-9,12H2,1-2H3,(H,20,21). The molecule has 0 saturated heterocycles. The van der Waals surface area contributed by atoms with Gasteiger partial charge in [0.05, 0.1) is 13.0 Å². The summed E-state index contributed by atoms with van der Waals surface area (Å²) in [7, 11) is 0. The molecular weight excluding hydrogens is 281 g/mol. The molecule has 0 radical (unpaired) electrons. The van der Waals surface area contributed by atoms with E-state index >= 15 is 0 Å². The molecule has 0 aliphatic rings. The molecule has 0 aromatic heterocycles. The lowest BCUT2D eigenvalue weighted by Gasteiger charge is -2.10. The monoisotopic (exact) mass is 301 g/mol. The van der Waals surface area contributed by atoms with Crippen LogP contribution in [0.4, 0.5) is 4.39 Å². The third-order valence-corrected chi connectivity index (χ3v) is 3.28. The predicted molar refractivity (Wildman–Crippen MR) is 84.5 cm³/mol. The Hall–Kier alpha value is -2.36. The number of carbonyl (C=O) groups is 1. The van der Waals surface area contributed by atoms with Crippen LogP contribution in [0.2, 0.25) is 0 Å². The molecule has 0 heterocycles. The summed E-state index contributed by atoms with van der Waals surface area (Å²) in [4.78, 5) is 11.8. The number of benzene rings is 2. The largest absolute Gasteiger partial charge is 0.491 e. The van der Waals surface area contributed by atoms with Gasteiger partial charge in [0.2, 0.25) is 5.91 Å². The van der Waals surface area contributed by atoms with Gasteiger partial charge in [-0.25, -0.2) is 4.39 Å². The van der Waals surface area contributed by atoms with Crippen LogP contribution < -0.4 is 10.1 Å². The summed E-state index contributed by atoms with van der Waals surface area (Å²) < 4.78 is 18.7. The summed E-state index contributed by atoms with van der Waals surface area (Å²) in [6.07, 6.45) is 0.168. The van der Waals surface area contributed by atoms with Crippen LogP contribution in [-0.4, -0.2) is 19.1 Å². The zero-order valence-electron chi connectivity index (χ0n) is 12.9. The second-order valence-electron chi connectivity index (χ2n) is 5.27. The zero-order valence-corrected chi connectivity index (χ0v) is 12.9. The van der Waals surface area contributed by atoms with Crippen LogP contribution in [0, 0.1) is 19.7 Å². The van der Waals surface area contributed by atoms with Gasteiger partial charge in [0.1, 0.15) is 18.2 Å². The SMILES string of the molecule is Cc1ccc(C)c(OCCNC(=O)Cc2cccc(F)c2)c1. The fourth-order valence-corrected chi connectivity index (χ4v) is 2.11. The molecule has 0 spiro atoms. The second-order valence-corrected chi connectivity index (χ2v) is 5.27. The van der Waals surface area contributed by atoms with Gasteiger partial charge in [0, 0.05) is 0 Å². The van der Waals surface area contributed by atoms with E-state index in [1.807, 2.05) is 32.0 Å². The predicted octanol–water partition coefficient (Wildman–Crippen LogP) is 3.18. The molecule has 0 aliphatic heterocycles. The topological polar surface area (TPSA) is 38.3 Å². The molecule has 3 nitrogen and oxygen atoms in total. The number of nitrogens with one attached hydrogen (secondary N) is 1. The molecule has 0 unspecified atom stereocenters. The van der Waals surface area contributed by atoms with Crippen LogP contribution in [0.15, 0.2) is 42.5 Å². The molecule has 0 bridgehead atoms. The highest BCUT2D eigenvalue weighted by Gasteiger charge is 2.04. The highest BCUT2D eigenvalue weighted by atomic mass is 19.1. The molecule has 2 rings (SSSR count). The summed E-state index contributed by atoms with van der Waals surface area (Å²) in [5.74, 6) is 0.359. The Morgan fingerprint density at radius 1 is 1.18 bits per heavy atom. The maximum absolute atomic E-state index is 13.0. The molecule has 0 aliphatic carbocycles. The summed E-state index contributed by atoms with van der Waals surface area (Å²) in [5, 5.41) is 2.77. The molecule has 4 heteroatoms. The Balaban J connectivity index is 1.74. The van der Waals surface area contributed by atoms with Gasteiger partial charge in [-0.3, -0.25) is 4.79 Å². The molecule has 0 saturated carbocycles. The number of halogens is 1. The van der Waals surface area contributed by atoms with Gasteiger partial charge in [-0.2, -0.15) is 0 Å². The third-order valence-electron chi connectivity index (χ3n) is 3.28. The van der Waals surface area contributed by atoms with Crippen molar-refractivity contribution in [2.45, 2.75) is 20.3 Å². The molecule has 0 atom stereocenters. The Kier molecular flexibility index (Phi) is 5.53. The van der Waals surface area contributed by atoms with Crippen molar-refractivity contribution >= 4 is 5.91 Å². The minimum absolute atomic E-state index is 0.143. The lowest BCUT2D eigenvalue weighted by Crippen LogP contribution is -2.29. The first kappa shape index (κ1) is 16.0. The van der Waals surface area contributed by atoms with E-state index in [4.69, 9.17) is 4.74 Å². The lowest BCUT2D eigenvalue weighted by atomic mass is 10.1. The minimum Gasteiger partial charge on any atom is -0.491 e. The maximum Gasteiger partial charge on any atom is 0.224 e. The average molecular weight is 301 g/mol. The van der Waals surface area contributed by atoms with E-state index in [2.05, 4.69) is 5.32 Å². The maximum atomic E-state index is 13.0. The number of amides is 1. The highest BCUT2D eigenvalue weighted by Crippen LogP contribution is 2.18. The first-order valence-corrected chi connectivity index (χ1v) is 7.26. The number of rotatable bonds is 6. The van der Waals surface area contributed by atoms with Crippen molar-refractivity contribution in [1.29, 1.82) is 0 Å². The van der Waals surface area contributed by atoms with Crippen molar-refractivity contribution in [3.8, 4) is 5.75 Å². The quantitative estimate of drug-likeness (QED) is 0.832. The second kappa shape index (κ2) is 7.59. The van der Waals surface area contributed by atoms with Gasteiger partial charge in [0.25, 0.3) is 0 Å². The Bertz CT molecular complexity index is 655. The Morgan fingerprint density at radius 3 is 2.77 bits per heavy atom. The Morgan fingerprint density at radius 2 is 2.00 bits per heavy atom. The van der Waals surface area contributed by atoms with E-state index in [9.17, 15) is 9.18 Å². The summed E-state index contributed by atoms with van der Waals surface area (Å²) in [6.45, 7) is 4.81. The number of carbonyl (C=O) groups excluding carboxylic acids is 1. The smallest absolute Gasteiger partial charge is 0.224 e. The normalized spacial score (nSPS) is 10.3. The van der Waals surface area contributed by atoms with Gasteiger partial charge in [-0.05, 0) is 48.7 Å². The minimum atomic E-state index is -0.330. The van der Waals surface area contributed by atoms with Crippen molar-refractivity contribution < 1.29 is 13.9 Å². The van der Waals surface area contributed by atoms with Gasteiger partial charge < -0.3 is 10.1 Å². The molecule has 2 aromatic rings. The Labute approximate surface area is 130 Å². The summed E-state index contributed by atoms with van der Waals surface area (Å²) in [5.41, 5.74) is 2.86. The highest BCUT2D eigenvalue weighted by molar-refractivity contribution is 5.78. The van der Waals surface area contributed by atoms with E-state index < -0.39 is 0 Å².